The molecule has 0 aromatic heterocycles. The number of aliphatic hydroxyl groups is 1. The van der Waals surface area contributed by atoms with Crippen LogP contribution < -0.4 is 11.2 Å². The van der Waals surface area contributed by atoms with Crippen LogP contribution in [0.15, 0.2) is 30.3 Å². The molecule has 0 heterocycles. The van der Waals surface area contributed by atoms with E-state index in [0.29, 0.717) is 11.7 Å². The van der Waals surface area contributed by atoms with E-state index in [0.717, 1.165) is 11.3 Å². The Morgan fingerprint density at radius 1 is 1.33 bits per heavy atom. The van der Waals surface area contributed by atoms with Crippen molar-refractivity contribution in [3.63, 3.8) is 0 Å². The molecule has 1 aromatic rings. The zero-order valence-corrected chi connectivity index (χ0v) is 13.3. The highest BCUT2D eigenvalue weighted by Crippen LogP contribution is 2.10. The first-order chi connectivity index (χ1) is 10.0. The maximum Gasteiger partial charge on any atom is 0.274 e. The Morgan fingerprint density at radius 2 is 2.00 bits per heavy atom. The van der Waals surface area contributed by atoms with Crippen LogP contribution in [-0.4, -0.2) is 34.7 Å². The van der Waals surface area contributed by atoms with Crippen LogP contribution in [0.25, 0.3) is 0 Å². The van der Waals surface area contributed by atoms with E-state index in [1.54, 1.807) is 11.8 Å². The van der Waals surface area contributed by atoms with E-state index in [-0.39, 0.29) is 6.61 Å². The van der Waals surface area contributed by atoms with E-state index >= 15 is 0 Å². The Labute approximate surface area is 130 Å². The number of hydroxylamine groups is 1. The maximum atomic E-state index is 11.7. The van der Waals surface area contributed by atoms with Gasteiger partial charge in [0.1, 0.15) is 0 Å². The Hall–Kier alpha value is -1.08. The molecule has 0 spiro atoms. The molecule has 6 heteroatoms. The molecule has 0 radical (unpaired) electrons. The standard InChI is InChI=1S/C15H24N2O3S/c1-11(2)9-21-10-13(16)14(18)15(19)17-20-8-12-6-4-3-5-7-12/h3-7,11,13-14,18H,8-10,16H2,1-2H3,(H,17,19). The zero-order chi connectivity index (χ0) is 15.7. The van der Waals surface area contributed by atoms with Crippen LogP contribution in [0.5, 0.6) is 0 Å². The van der Waals surface area contributed by atoms with Gasteiger partial charge in [0, 0.05) is 11.8 Å². The molecule has 1 amide bonds. The second kappa shape index (κ2) is 9.78. The van der Waals surface area contributed by atoms with Crippen LogP contribution in [0, 0.1) is 5.92 Å². The van der Waals surface area contributed by atoms with Crippen LogP contribution >= 0.6 is 11.8 Å². The van der Waals surface area contributed by atoms with Crippen LogP contribution in [0.2, 0.25) is 0 Å². The van der Waals surface area contributed by atoms with Gasteiger partial charge in [-0.15, -0.1) is 0 Å². The Balaban J connectivity index is 2.24. The summed E-state index contributed by atoms with van der Waals surface area (Å²) in [5.41, 5.74) is 8.97. The second-order valence-corrected chi connectivity index (χ2v) is 6.36. The molecule has 4 N–H and O–H groups in total. The fourth-order valence-corrected chi connectivity index (χ4v) is 2.61. The van der Waals surface area contributed by atoms with E-state index in [1.165, 1.54) is 0 Å². The molecule has 0 aliphatic rings. The molecule has 0 saturated carbocycles. The van der Waals surface area contributed by atoms with Gasteiger partial charge in [-0.3, -0.25) is 9.63 Å². The summed E-state index contributed by atoms with van der Waals surface area (Å²) in [6.07, 6.45) is -1.26. The number of rotatable bonds is 9. The summed E-state index contributed by atoms with van der Waals surface area (Å²) in [5, 5.41) is 9.82. The SMILES string of the molecule is CC(C)CSCC(N)C(O)C(=O)NOCc1ccccc1. The van der Waals surface area contributed by atoms with Crippen molar-refractivity contribution >= 4 is 17.7 Å². The van der Waals surface area contributed by atoms with Crippen molar-refractivity contribution in [1.29, 1.82) is 0 Å². The first-order valence-electron chi connectivity index (χ1n) is 6.97. The van der Waals surface area contributed by atoms with E-state index in [4.69, 9.17) is 10.6 Å². The number of benzene rings is 1. The molecule has 2 atom stereocenters. The predicted octanol–water partition coefficient (Wildman–Crippen LogP) is 1.31. The molecule has 2 unspecified atom stereocenters. The van der Waals surface area contributed by atoms with Gasteiger partial charge in [-0.05, 0) is 17.2 Å². The summed E-state index contributed by atoms with van der Waals surface area (Å²) < 4.78 is 0. The van der Waals surface area contributed by atoms with Crippen molar-refractivity contribution in [2.75, 3.05) is 11.5 Å². The number of carbonyl (C=O) groups is 1. The van der Waals surface area contributed by atoms with Gasteiger partial charge in [-0.1, -0.05) is 44.2 Å². The Morgan fingerprint density at radius 3 is 2.62 bits per heavy atom. The summed E-state index contributed by atoms with van der Waals surface area (Å²) in [5.74, 6) is 1.43. The average molecular weight is 312 g/mol. The Bertz CT molecular complexity index is 415. The van der Waals surface area contributed by atoms with Gasteiger partial charge in [-0.2, -0.15) is 11.8 Å². The summed E-state index contributed by atoms with van der Waals surface area (Å²) in [4.78, 5) is 16.8. The summed E-state index contributed by atoms with van der Waals surface area (Å²) in [7, 11) is 0. The van der Waals surface area contributed by atoms with E-state index < -0.39 is 18.1 Å². The molecule has 0 aliphatic heterocycles. The Kier molecular flexibility index (Phi) is 8.37. The van der Waals surface area contributed by atoms with Gasteiger partial charge in [0.05, 0.1) is 6.61 Å². The maximum absolute atomic E-state index is 11.7. The monoisotopic (exact) mass is 312 g/mol. The molecular formula is C15H24N2O3S. The van der Waals surface area contributed by atoms with Gasteiger partial charge in [0.15, 0.2) is 6.10 Å². The quantitative estimate of drug-likeness (QED) is 0.599. The molecule has 0 saturated heterocycles. The zero-order valence-electron chi connectivity index (χ0n) is 12.5. The minimum absolute atomic E-state index is 0.247. The average Bonchev–Trinajstić information content (AvgIpc) is 2.47. The van der Waals surface area contributed by atoms with Crippen molar-refractivity contribution in [3.8, 4) is 0 Å². The molecule has 21 heavy (non-hydrogen) atoms. The lowest BCUT2D eigenvalue weighted by Gasteiger charge is -2.18. The lowest BCUT2D eigenvalue weighted by molar-refractivity contribution is -0.144. The molecular weight excluding hydrogens is 288 g/mol. The van der Waals surface area contributed by atoms with Crippen LogP contribution in [-0.2, 0) is 16.2 Å². The van der Waals surface area contributed by atoms with Crippen molar-refractivity contribution in [1.82, 2.24) is 5.48 Å². The molecule has 1 aromatic carbocycles. The molecule has 0 aliphatic carbocycles. The lowest BCUT2D eigenvalue weighted by Crippen LogP contribution is -2.47. The second-order valence-electron chi connectivity index (χ2n) is 5.28. The van der Waals surface area contributed by atoms with Crippen LogP contribution in [0.1, 0.15) is 19.4 Å². The highest BCUT2D eigenvalue weighted by Gasteiger charge is 2.23. The number of nitrogens with one attached hydrogen (secondary N) is 1. The van der Waals surface area contributed by atoms with Gasteiger partial charge in [0.25, 0.3) is 5.91 Å². The fraction of sp³-hybridized carbons (Fsp3) is 0.533. The van der Waals surface area contributed by atoms with Crippen molar-refractivity contribution in [2.24, 2.45) is 11.7 Å². The normalized spacial score (nSPS) is 14.0. The molecule has 1 rings (SSSR count). The summed E-state index contributed by atoms with van der Waals surface area (Å²) in [6, 6.07) is 8.84. The summed E-state index contributed by atoms with van der Waals surface area (Å²) >= 11 is 1.63. The number of carbonyl (C=O) groups excluding carboxylic acids is 1. The third-order valence-corrected chi connectivity index (χ3v) is 4.21. The highest BCUT2D eigenvalue weighted by molar-refractivity contribution is 7.99. The minimum atomic E-state index is -1.26. The van der Waals surface area contributed by atoms with Crippen molar-refractivity contribution < 1.29 is 14.7 Å². The van der Waals surface area contributed by atoms with Crippen LogP contribution in [0.3, 0.4) is 0 Å². The lowest BCUT2D eigenvalue weighted by atomic mass is 10.2. The number of nitrogens with two attached hydrogens (primary N) is 1. The van der Waals surface area contributed by atoms with Crippen molar-refractivity contribution in [3.05, 3.63) is 35.9 Å². The fourth-order valence-electron chi connectivity index (χ4n) is 1.55. The minimum Gasteiger partial charge on any atom is -0.381 e. The first-order valence-corrected chi connectivity index (χ1v) is 8.13. The third-order valence-electron chi connectivity index (χ3n) is 2.69. The number of hydrogen-bond acceptors (Lipinski definition) is 5. The van der Waals surface area contributed by atoms with Gasteiger partial charge >= 0.3 is 0 Å². The highest BCUT2D eigenvalue weighted by atomic mass is 32.2. The molecule has 0 bridgehead atoms. The van der Waals surface area contributed by atoms with Crippen molar-refractivity contribution in [2.45, 2.75) is 32.6 Å². The van der Waals surface area contributed by atoms with E-state index in [2.05, 4.69) is 19.3 Å². The first kappa shape index (κ1) is 18.0. The van der Waals surface area contributed by atoms with Gasteiger partial charge in [-0.25, -0.2) is 5.48 Å². The molecule has 0 fully saturated rings. The largest absolute Gasteiger partial charge is 0.381 e. The predicted molar refractivity (Wildman–Crippen MR) is 85.5 cm³/mol. The molecule has 5 nitrogen and oxygen atoms in total. The van der Waals surface area contributed by atoms with Gasteiger partial charge < -0.3 is 10.8 Å². The van der Waals surface area contributed by atoms with E-state index in [1.807, 2.05) is 30.3 Å². The van der Waals surface area contributed by atoms with E-state index in [9.17, 15) is 9.90 Å². The topological polar surface area (TPSA) is 84.6 Å². The number of hydrogen-bond donors (Lipinski definition) is 3. The smallest absolute Gasteiger partial charge is 0.274 e. The van der Waals surface area contributed by atoms with Crippen LogP contribution in [0.4, 0.5) is 0 Å². The number of thioether (sulfide) groups is 1. The number of amides is 1. The third kappa shape index (κ3) is 7.47. The number of aliphatic hydroxyl groups excluding tert-OH is 1. The molecule has 118 valence electrons. The summed E-state index contributed by atoms with van der Waals surface area (Å²) in [6.45, 7) is 4.47. The van der Waals surface area contributed by atoms with Gasteiger partial charge in [0.2, 0.25) is 0 Å².